The molecule has 0 aliphatic rings. The predicted molar refractivity (Wildman–Crippen MR) is 102 cm³/mol. The number of aromatic nitrogens is 3. The maximum absolute atomic E-state index is 5.82. The van der Waals surface area contributed by atoms with Crippen molar-refractivity contribution in [1.82, 2.24) is 15.2 Å². The number of anilines is 2. The summed E-state index contributed by atoms with van der Waals surface area (Å²) in [6, 6.07) is 26.1. The fraction of sp³-hybridized carbons (Fsp3) is 0. The molecular weight excluding hydrogens is 324 g/mol. The van der Waals surface area contributed by atoms with Crippen molar-refractivity contribution in [2.24, 2.45) is 0 Å². The summed E-state index contributed by atoms with van der Waals surface area (Å²) >= 11 is 0. The van der Waals surface area contributed by atoms with Crippen molar-refractivity contribution in [3.05, 3.63) is 78.9 Å². The highest BCUT2D eigenvalue weighted by molar-refractivity contribution is 6.08. The standard InChI is InChI=1S/C21H14N4O/c1-2-8-14(9-3-1)20-24-25-21(26-20)23-19-15-10-4-6-12-17(15)22-18-13-7-5-11-16(18)19/h1-13H,(H,22,23,25). The molecule has 124 valence electrons. The second-order valence-corrected chi connectivity index (χ2v) is 5.92. The molecule has 5 aromatic rings. The van der Waals surface area contributed by atoms with Gasteiger partial charge in [-0.2, -0.15) is 0 Å². The number of hydrogen-bond donors (Lipinski definition) is 1. The topological polar surface area (TPSA) is 63.8 Å². The maximum atomic E-state index is 5.82. The summed E-state index contributed by atoms with van der Waals surface area (Å²) < 4.78 is 5.82. The molecule has 0 aliphatic carbocycles. The van der Waals surface area contributed by atoms with Crippen LogP contribution in [0.4, 0.5) is 11.7 Å². The van der Waals surface area contributed by atoms with Gasteiger partial charge in [0.15, 0.2) is 0 Å². The van der Waals surface area contributed by atoms with Crippen LogP contribution in [0.15, 0.2) is 83.3 Å². The first-order chi connectivity index (χ1) is 12.9. The molecule has 0 bridgehead atoms. The average molecular weight is 338 g/mol. The van der Waals surface area contributed by atoms with Gasteiger partial charge in [-0.1, -0.05) is 59.7 Å². The summed E-state index contributed by atoms with van der Waals surface area (Å²) in [6.07, 6.45) is 0. The lowest BCUT2D eigenvalue weighted by Gasteiger charge is -2.10. The molecule has 2 aromatic heterocycles. The van der Waals surface area contributed by atoms with Crippen LogP contribution in [0, 0.1) is 0 Å². The van der Waals surface area contributed by atoms with Gasteiger partial charge in [0.25, 0.3) is 0 Å². The van der Waals surface area contributed by atoms with Crippen LogP contribution in [0.2, 0.25) is 0 Å². The summed E-state index contributed by atoms with van der Waals surface area (Å²) in [6.45, 7) is 0. The highest BCUT2D eigenvalue weighted by Crippen LogP contribution is 2.33. The van der Waals surface area contributed by atoms with E-state index < -0.39 is 0 Å². The lowest BCUT2D eigenvalue weighted by molar-refractivity contribution is 0.588. The second-order valence-electron chi connectivity index (χ2n) is 5.92. The van der Waals surface area contributed by atoms with E-state index in [1.807, 2.05) is 78.9 Å². The van der Waals surface area contributed by atoms with Crippen LogP contribution in [0.5, 0.6) is 0 Å². The van der Waals surface area contributed by atoms with Crippen molar-refractivity contribution < 1.29 is 4.42 Å². The fourth-order valence-corrected chi connectivity index (χ4v) is 3.05. The number of fused-ring (bicyclic) bond motifs is 2. The van der Waals surface area contributed by atoms with Crippen LogP contribution < -0.4 is 5.32 Å². The third-order valence-electron chi connectivity index (χ3n) is 4.27. The van der Waals surface area contributed by atoms with Crippen LogP contribution in [-0.4, -0.2) is 15.2 Å². The van der Waals surface area contributed by atoms with Gasteiger partial charge in [-0.3, -0.25) is 0 Å². The van der Waals surface area contributed by atoms with Crippen LogP contribution in [0.25, 0.3) is 33.3 Å². The first kappa shape index (κ1) is 14.6. The SMILES string of the molecule is c1ccc(-c2nnc(Nc3c4ccccc4nc4ccccc34)o2)cc1. The van der Waals surface area contributed by atoms with E-state index in [9.17, 15) is 0 Å². The van der Waals surface area contributed by atoms with E-state index in [1.54, 1.807) is 0 Å². The molecule has 0 spiro atoms. The third kappa shape index (κ3) is 2.46. The van der Waals surface area contributed by atoms with E-state index in [0.717, 1.165) is 33.1 Å². The number of benzene rings is 3. The largest absolute Gasteiger partial charge is 0.403 e. The van der Waals surface area contributed by atoms with Gasteiger partial charge in [-0.05, 0) is 24.3 Å². The van der Waals surface area contributed by atoms with E-state index in [4.69, 9.17) is 9.40 Å². The lowest BCUT2D eigenvalue weighted by atomic mass is 10.1. The fourth-order valence-electron chi connectivity index (χ4n) is 3.05. The number of rotatable bonds is 3. The lowest BCUT2D eigenvalue weighted by Crippen LogP contribution is -1.95. The summed E-state index contributed by atoms with van der Waals surface area (Å²) in [5.41, 5.74) is 3.62. The molecular formula is C21H14N4O. The molecule has 0 aliphatic heterocycles. The molecule has 1 N–H and O–H groups in total. The van der Waals surface area contributed by atoms with Gasteiger partial charge in [-0.15, -0.1) is 5.10 Å². The molecule has 26 heavy (non-hydrogen) atoms. The smallest absolute Gasteiger partial charge is 0.320 e. The molecule has 2 heterocycles. The summed E-state index contributed by atoms with van der Waals surface area (Å²) in [7, 11) is 0. The third-order valence-corrected chi connectivity index (χ3v) is 4.27. The Hall–Kier alpha value is -3.73. The number of nitrogens with one attached hydrogen (secondary N) is 1. The molecule has 3 aromatic carbocycles. The van der Waals surface area contributed by atoms with Crippen molar-refractivity contribution in [3.63, 3.8) is 0 Å². The molecule has 0 unspecified atom stereocenters. The average Bonchev–Trinajstić information content (AvgIpc) is 3.17. The number of para-hydroxylation sites is 2. The number of nitrogens with zero attached hydrogens (tertiary/aromatic N) is 3. The van der Waals surface area contributed by atoms with Crippen LogP contribution >= 0.6 is 0 Å². The van der Waals surface area contributed by atoms with Crippen molar-refractivity contribution >= 4 is 33.5 Å². The summed E-state index contributed by atoms with van der Waals surface area (Å²) in [5.74, 6) is 0.482. The number of pyridine rings is 1. The summed E-state index contributed by atoms with van der Waals surface area (Å²) in [4.78, 5) is 4.73. The predicted octanol–water partition coefficient (Wildman–Crippen LogP) is 5.18. The van der Waals surface area contributed by atoms with Gasteiger partial charge >= 0.3 is 6.01 Å². The Labute approximate surface area is 149 Å². The van der Waals surface area contributed by atoms with E-state index in [1.165, 1.54) is 0 Å². The normalized spacial score (nSPS) is 11.1. The molecule has 5 nitrogen and oxygen atoms in total. The quantitative estimate of drug-likeness (QED) is 0.459. The zero-order chi connectivity index (χ0) is 17.3. The Bertz CT molecular complexity index is 1160. The minimum absolute atomic E-state index is 0.352. The highest BCUT2D eigenvalue weighted by atomic mass is 16.4. The Kier molecular flexibility index (Phi) is 3.35. The summed E-state index contributed by atoms with van der Waals surface area (Å²) in [5, 5.41) is 13.6. The molecule has 0 fully saturated rings. The first-order valence-corrected chi connectivity index (χ1v) is 8.32. The van der Waals surface area contributed by atoms with Gasteiger partial charge in [0.05, 0.1) is 16.7 Å². The molecule has 5 rings (SSSR count). The first-order valence-electron chi connectivity index (χ1n) is 8.32. The van der Waals surface area contributed by atoms with E-state index in [-0.39, 0.29) is 0 Å². The highest BCUT2D eigenvalue weighted by Gasteiger charge is 2.13. The van der Waals surface area contributed by atoms with Crippen molar-refractivity contribution in [2.45, 2.75) is 0 Å². The minimum Gasteiger partial charge on any atom is -0.403 e. The van der Waals surface area contributed by atoms with E-state index in [0.29, 0.717) is 11.9 Å². The molecule has 0 saturated heterocycles. The van der Waals surface area contributed by atoms with Crippen LogP contribution in [0.3, 0.4) is 0 Å². The van der Waals surface area contributed by atoms with Gasteiger partial charge in [-0.25, -0.2) is 4.98 Å². The molecule has 0 radical (unpaired) electrons. The zero-order valence-electron chi connectivity index (χ0n) is 13.8. The van der Waals surface area contributed by atoms with Crippen molar-refractivity contribution in [1.29, 1.82) is 0 Å². The monoisotopic (exact) mass is 338 g/mol. The van der Waals surface area contributed by atoms with E-state index in [2.05, 4.69) is 15.5 Å². The number of hydrogen-bond acceptors (Lipinski definition) is 5. The van der Waals surface area contributed by atoms with Gasteiger partial charge in [0.2, 0.25) is 5.89 Å². The minimum atomic E-state index is 0.352. The Morgan fingerprint density at radius 1 is 0.654 bits per heavy atom. The molecule has 0 atom stereocenters. The maximum Gasteiger partial charge on any atom is 0.320 e. The van der Waals surface area contributed by atoms with Gasteiger partial charge in [0, 0.05) is 16.3 Å². The molecule has 0 saturated carbocycles. The van der Waals surface area contributed by atoms with Crippen LogP contribution in [0.1, 0.15) is 0 Å². The Morgan fingerprint density at radius 2 is 1.27 bits per heavy atom. The van der Waals surface area contributed by atoms with Gasteiger partial charge < -0.3 is 9.73 Å². The van der Waals surface area contributed by atoms with Crippen molar-refractivity contribution in [3.8, 4) is 11.5 Å². The molecule has 0 amide bonds. The zero-order valence-corrected chi connectivity index (χ0v) is 13.8. The van der Waals surface area contributed by atoms with Gasteiger partial charge in [0.1, 0.15) is 0 Å². The second kappa shape index (κ2) is 5.97. The Balaban J connectivity index is 1.64. The van der Waals surface area contributed by atoms with Crippen LogP contribution in [-0.2, 0) is 0 Å². The molecule has 5 heteroatoms. The Morgan fingerprint density at radius 3 is 1.96 bits per heavy atom. The van der Waals surface area contributed by atoms with E-state index >= 15 is 0 Å². The van der Waals surface area contributed by atoms with Crippen molar-refractivity contribution in [2.75, 3.05) is 5.32 Å².